The number of hydrogen-bond donors (Lipinski definition) is 1. The zero-order valence-corrected chi connectivity index (χ0v) is 28.1. The van der Waals surface area contributed by atoms with Crippen molar-refractivity contribution in [2.75, 3.05) is 18.5 Å². The molecular weight excluding hydrogens is 610 g/mol. The third kappa shape index (κ3) is 7.59. The predicted molar refractivity (Wildman–Crippen MR) is 169 cm³/mol. The van der Waals surface area contributed by atoms with E-state index in [-0.39, 0.29) is 40.8 Å². The average Bonchev–Trinajstić information content (AvgIpc) is 3.63. The highest BCUT2D eigenvalue weighted by molar-refractivity contribution is 6.74. The van der Waals surface area contributed by atoms with Crippen LogP contribution >= 0.6 is 0 Å². The Bertz CT molecular complexity index is 1690. The van der Waals surface area contributed by atoms with Crippen LogP contribution in [0.15, 0.2) is 47.4 Å². The molecule has 3 heterocycles. The molecule has 5 rings (SSSR count). The van der Waals surface area contributed by atoms with E-state index in [0.29, 0.717) is 29.5 Å². The molecule has 0 saturated heterocycles. The van der Waals surface area contributed by atoms with Crippen LogP contribution < -0.4 is 14.8 Å². The molecule has 1 aliphatic rings. The van der Waals surface area contributed by atoms with Gasteiger partial charge in [0.25, 0.3) is 17.6 Å². The quantitative estimate of drug-likeness (QED) is 0.145. The highest BCUT2D eigenvalue weighted by atomic mass is 28.4. The number of ether oxygens (including phenoxy) is 3. The average molecular weight is 650 g/mol. The zero-order chi connectivity index (χ0) is 33.1. The minimum absolute atomic E-state index is 0.00306. The van der Waals surface area contributed by atoms with Crippen molar-refractivity contribution in [3.05, 3.63) is 54.2 Å². The lowest BCUT2D eigenvalue weighted by atomic mass is 9.80. The number of aromatic nitrogens is 6. The van der Waals surface area contributed by atoms with Crippen molar-refractivity contribution < 1.29 is 32.7 Å². The Morgan fingerprint density at radius 1 is 1.11 bits per heavy atom. The Labute approximate surface area is 267 Å². The normalized spacial score (nSPS) is 14.3. The third-order valence-electron chi connectivity index (χ3n) is 8.15. The smallest absolute Gasteiger partial charge is 0.379 e. The van der Waals surface area contributed by atoms with Crippen LogP contribution in [0.2, 0.25) is 18.1 Å². The van der Waals surface area contributed by atoms with Gasteiger partial charge in [-0.3, -0.25) is 9.48 Å². The Morgan fingerprint density at radius 2 is 1.87 bits per heavy atom. The topological polar surface area (TPSA) is 166 Å². The van der Waals surface area contributed by atoms with Gasteiger partial charge in [0.15, 0.2) is 14.1 Å². The fourth-order valence-corrected chi connectivity index (χ4v) is 5.38. The molecule has 1 amide bonds. The lowest BCUT2D eigenvalue weighted by Gasteiger charge is -2.45. The summed E-state index contributed by atoms with van der Waals surface area (Å²) >= 11 is 0. The first kappa shape index (κ1) is 32.8. The number of nitrogens with one attached hydrogen (secondary N) is 1. The number of anilines is 1. The number of hydrogen-bond acceptors (Lipinski definition) is 12. The second-order valence-electron chi connectivity index (χ2n) is 12.7. The van der Waals surface area contributed by atoms with Gasteiger partial charge in [0.2, 0.25) is 5.88 Å². The molecule has 15 heteroatoms. The van der Waals surface area contributed by atoms with Gasteiger partial charge < -0.3 is 28.5 Å². The summed E-state index contributed by atoms with van der Waals surface area (Å²) in [6.07, 6.45) is 7.17. The predicted octanol–water partition coefficient (Wildman–Crippen LogP) is 5.80. The van der Waals surface area contributed by atoms with Gasteiger partial charge in [-0.05, 0) is 61.6 Å². The van der Waals surface area contributed by atoms with Crippen LogP contribution in [-0.2, 0) is 16.2 Å². The molecule has 244 valence electrons. The number of carbonyl (C=O) groups is 2. The van der Waals surface area contributed by atoms with Crippen molar-refractivity contribution in [1.82, 2.24) is 29.9 Å². The van der Waals surface area contributed by atoms with Crippen LogP contribution in [-0.4, -0.2) is 68.9 Å². The van der Waals surface area contributed by atoms with E-state index in [1.54, 1.807) is 49.1 Å². The van der Waals surface area contributed by atoms with Crippen molar-refractivity contribution in [1.29, 1.82) is 0 Å². The summed E-state index contributed by atoms with van der Waals surface area (Å²) in [6.45, 7) is 13.4. The van der Waals surface area contributed by atoms with Crippen molar-refractivity contribution in [3.63, 3.8) is 0 Å². The highest BCUT2D eigenvalue weighted by Crippen LogP contribution is 2.42. The second kappa shape index (κ2) is 13.0. The molecule has 0 spiro atoms. The number of carbonyl (C=O) groups excluding carboxylic acids is 2. The number of rotatable bonds is 12. The molecular formula is C31H39N7O7Si. The van der Waals surface area contributed by atoms with Crippen molar-refractivity contribution >= 4 is 26.0 Å². The Morgan fingerprint density at radius 3 is 2.48 bits per heavy atom. The van der Waals surface area contributed by atoms with E-state index in [0.717, 1.165) is 19.3 Å². The van der Waals surface area contributed by atoms with Crippen LogP contribution in [0, 0.1) is 0 Å². The van der Waals surface area contributed by atoms with Crippen LogP contribution in [0.25, 0.3) is 11.6 Å². The number of esters is 1. The van der Waals surface area contributed by atoms with Gasteiger partial charge in [0.1, 0.15) is 22.8 Å². The fourth-order valence-electron chi connectivity index (χ4n) is 4.32. The number of aryl methyl sites for hydroxylation is 1. The third-order valence-corrected chi connectivity index (χ3v) is 12.6. The van der Waals surface area contributed by atoms with E-state index in [2.05, 4.69) is 64.4 Å². The number of nitrogens with zero attached hydrogens (tertiary/aromatic N) is 6. The molecule has 0 atom stereocenters. The van der Waals surface area contributed by atoms with Gasteiger partial charge in [-0.2, -0.15) is 10.1 Å². The molecule has 3 aromatic heterocycles. The summed E-state index contributed by atoms with van der Waals surface area (Å²) in [4.78, 5) is 37.8. The van der Waals surface area contributed by atoms with Gasteiger partial charge >= 0.3 is 5.97 Å². The summed E-state index contributed by atoms with van der Waals surface area (Å²) in [7, 11) is -0.247. The molecule has 1 aromatic carbocycles. The largest absolute Gasteiger partial charge is 0.485 e. The van der Waals surface area contributed by atoms with E-state index < -0.39 is 19.9 Å². The highest BCUT2D eigenvalue weighted by Gasteiger charge is 2.44. The molecule has 0 aliphatic heterocycles. The molecule has 0 unspecified atom stereocenters. The van der Waals surface area contributed by atoms with E-state index in [1.807, 2.05) is 0 Å². The SMILES string of the molecule is CCOC(=O)c1noc(-c2cnc(Oc3cc(OC4(CO[Si](C)(C)C(C)(C)C)CCC4)cc(C(=O)Nc4ccn(C)n4)c3)cn2)n1. The minimum atomic E-state index is -2.01. The summed E-state index contributed by atoms with van der Waals surface area (Å²) in [6, 6.07) is 6.68. The van der Waals surface area contributed by atoms with Crippen molar-refractivity contribution in [2.45, 2.75) is 70.7 Å². The maximum Gasteiger partial charge on any atom is 0.379 e. The Balaban J connectivity index is 1.38. The Kier molecular flexibility index (Phi) is 9.26. The number of benzene rings is 1. The van der Waals surface area contributed by atoms with Crippen molar-refractivity contribution in [2.24, 2.45) is 7.05 Å². The first-order chi connectivity index (χ1) is 21.8. The summed E-state index contributed by atoms with van der Waals surface area (Å²) in [5.41, 5.74) is 0.0352. The van der Waals surface area contributed by atoms with Gasteiger partial charge in [-0.25, -0.2) is 14.8 Å². The lowest BCUT2D eigenvalue weighted by molar-refractivity contribution is -0.0474. The molecule has 46 heavy (non-hydrogen) atoms. The summed E-state index contributed by atoms with van der Waals surface area (Å²) in [5.74, 6) is 0.0184. The van der Waals surface area contributed by atoms with Crippen molar-refractivity contribution in [3.8, 4) is 29.0 Å². The van der Waals surface area contributed by atoms with E-state index in [9.17, 15) is 9.59 Å². The van der Waals surface area contributed by atoms with Crippen LogP contribution in [0.1, 0.15) is 67.9 Å². The molecule has 1 aliphatic carbocycles. The standard InChI is InChI=1S/C31H39N7O7Si/c1-8-41-29(40)26-35-28(45-37-26)23-17-33-25(18-32-23)43-21-14-20(27(39)34-24-10-13-38(5)36-24)15-22(16-21)44-31(11-9-12-31)19-42-46(6,7)30(2,3)4/h10,13-18H,8-9,11-12,19H2,1-7H3,(H,34,36,39). The van der Waals surface area contributed by atoms with Gasteiger partial charge in [-0.1, -0.05) is 20.8 Å². The zero-order valence-electron chi connectivity index (χ0n) is 27.1. The molecule has 1 fully saturated rings. The maximum atomic E-state index is 13.3. The monoisotopic (exact) mass is 649 g/mol. The maximum absolute atomic E-state index is 13.3. The molecule has 1 N–H and O–H groups in total. The van der Waals surface area contributed by atoms with E-state index >= 15 is 0 Å². The van der Waals surface area contributed by atoms with E-state index in [4.69, 9.17) is 23.2 Å². The van der Waals surface area contributed by atoms with Gasteiger partial charge in [0.05, 0.1) is 25.6 Å². The second-order valence-corrected chi connectivity index (χ2v) is 17.5. The molecule has 4 aromatic rings. The number of amides is 1. The molecule has 1 saturated carbocycles. The van der Waals surface area contributed by atoms with Gasteiger partial charge in [0, 0.05) is 30.9 Å². The molecule has 14 nitrogen and oxygen atoms in total. The lowest BCUT2D eigenvalue weighted by Crippen LogP contribution is -2.52. The first-order valence-electron chi connectivity index (χ1n) is 15.1. The van der Waals surface area contributed by atoms with Gasteiger partial charge in [-0.15, -0.1) is 0 Å². The van der Waals surface area contributed by atoms with Crippen LogP contribution in [0.4, 0.5) is 5.82 Å². The van der Waals surface area contributed by atoms with Crippen LogP contribution in [0.5, 0.6) is 17.4 Å². The summed E-state index contributed by atoms with van der Waals surface area (Å²) < 4.78 is 30.8. The molecule has 0 radical (unpaired) electrons. The molecule has 0 bridgehead atoms. The first-order valence-corrected chi connectivity index (χ1v) is 18.0. The Hall–Kier alpha value is -4.63. The van der Waals surface area contributed by atoms with Crippen LogP contribution in [0.3, 0.4) is 0 Å². The minimum Gasteiger partial charge on any atom is -0.485 e. The fraction of sp³-hybridized carbons (Fsp3) is 0.452. The van der Waals surface area contributed by atoms with E-state index in [1.165, 1.54) is 12.4 Å². The summed E-state index contributed by atoms with van der Waals surface area (Å²) in [5, 5.41) is 10.7.